The molecule has 0 saturated heterocycles. The van der Waals surface area contributed by atoms with Crippen LogP contribution < -0.4 is 5.32 Å². The van der Waals surface area contributed by atoms with Crippen molar-refractivity contribution in [3.63, 3.8) is 0 Å². The third kappa shape index (κ3) is 4.22. The molecular formula is C18H22N2O3. The Balaban J connectivity index is 1.88. The van der Waals surface area contributed by atoms with E-state index in [1.54, 1.807) is 29.9 Å². The first kappa shape index (κ1) is 16.8. The first-order valence-electron chi connectivity index (χ1n) is 7.53. The number of carbonyl (C=O) groups is 2. The van der Waals surface area contributed by atoms with Crippen LogP contribution in [0, 0.1) is 13.8 Å². The van der Waals surface area contributed by atoms with E-state index in [0.717, 1.165) is 5.56 Å². The first-order valence-corrected chi connectivity index (χ1v) is 7.53. The fourth-order valence-electron chi connectivity index (χ4n) is 2.28. The Morgan fingerprint density at radius 3 is 2.57 bits per heavy atom. The summed E-state index contributed by atoms with van der Waals surface area (Å²) < 4.78 is 6.69. The van der Waals surface area contributed by atoms with Crippen LogP contribution in [0.5, 0.6) is 0 Å². The first-order chi connectivity index (χ1) is 10.9. The molecule has 1 N–H and O–H groups in total. The van der Waals surface area contributed by atoms with Gasteiger partial charge in [0.1, 0.15) is 5.69 Å². The summed E-state index contributed by atoms with van der Waals surface area (Å²) in [6, 6.07) is 9.33. The quantitative estimate of drug-likeness (QED) is 0.863. The average Bonchev–Trinajstić information content (AvgIpc) is 2.93. The number of nitrogens with zero attached hydrogens (tertiary/aromatic N) is 1. The minimum Gasteiger partial charge on any atom is -0.451 e. The number of rotatable bonds is 5. The number of benzene rings is 1. The fraction of sp³-hybridized carbons (Fsp3) is 0.333. The number of hydrogen-bond donors (Lipinski definition) is 1. The van der Waals surface area contributed by atoms with Crippen molar-refractivity contribution >= 4 is 11.9 Å². The maximum absolute atomic E-state index is 11.9. The van der Waals surface area contributed by atoms with Crippen LogP contribution in [0.1, 0.15) is 40.1 Å². The Hall–Kier alpha value is -2.56. The minimum atomic E-state index is -0.508. The van der Waals surface area contributed by atoms with Gasteiger partial charge in [-0.05, 0) is 49.6 Å². The molecule has 1 aromatic carbocycles. The van der Waals surface area contributed by atoms with Gasteiger partial charge in [0.2, 0.25) is 0 Å². The van der Waals surface area contributed by atoms with E-state index in [-0.39, 0.29) is 18.6 Å². The van der Waals surface area contributed by atoms with Crippen LogP contribution in [-0.4, -0.2) is 23.1 Å². The van der Waals surface area contributed by atoms with Crippen molar-refractivity contribution in [1.29, 1.82) is 0 Å². The zero-order valence-electron chi connectivity index (χ0n) is 13.9. The summed E-state index contributed by atoms with van der Waals surface area (Å²) in [6.07, 6.45) is 1.75. The van der Waals surface area contributed by atoms with Crippen molar-refractivity contribution in [1.82, 2.24) is 9.88 Å². The van der Waals surface area contributed by atoms with Crippen LogP contribution in [0.15, 0.2) is 36.5 Å². The van der Waals surface area contributed by atoms with Gasteiger partial charge in [-0.2, -0.15) is 0 Å². The van der Waals surface area contributed by atoms with Gasteiger partial charge in [0.15, 0.2) is 6.61 Å². The lowest BCUT2D eigenvalue weighted by Gasteiger charge is -2.15. The summed E-state index contributed by atoms with van der Waals surface area (Å²) in [5, 5.41) is 2.84. The largest absolute Gasteiger partial charge is 0.451 e. The molecule has 0 bridgehead atoms. The second kappa shape index (κ2) is 7.13. The van der Waals surface area contributed by atoms with Crippen molar-refractivity contribution in [2.45, 2.75) is 26.8 Å². The average molecular weight is 314 g/mol. The van der Waals surface area contributed by atoms with Crippen LogP contribution >= 0.6 is 0 Å². The summed E-state index contributed by atoms with van der Waals surface area (Å²) >= 11 is 0. The van der Waals surface area contributed by atoms with Gasteiger partial charge in [0.25, 0.3) is 5.91 Å². The monoisotopic (exact) mass is 314 g/mol. The van der Waals surface area contributed by atoms with E-state index in [1.807, 2.05) is 32.9 Å². The van der Waals surface area contributed by atoms with Gasteiger partial charge in [-0.1, -0.05) is 18.2 Å². The van der Waals surface area contributed by atoms with Crippen LogP contribution in [0.25, 0.3) is 0 Å². The van der Waals surface area contributed by atoms with Gasteiger partial charge in [0.05, 0.1) is 6.04 Å². The highest BCUT2D eigenvalue weighted by Gasteiger charge is 2.15. The molecule has 5 nitrogen and oxygen atoms in total. The number of ether oxygens (including phenoxy) is 1. The predicted octanol–water partition coefficient (Wildman–Crippen LogP) is 2.68. The highest BCUT2D eigenvalue weighted by atomic mass is 16.5. The van der Waals surface area contributed by atoms with E-state index >= 15 is 0 Å². The summed E-state index contributed by atoms with van der Waals surface area (Å²) in [5.41, 5.74) is 3.83. The Labute approximate surface area is 136 Å². The Bertz CT molecular complexity index is 719. The maximum Gasteiger partial charge on any atom is 0.355 e. The molecule has 0 unspecified atom stereocenters. The molecule has 0 aliphatic heterocycles. The van der Waals surface area contributed by atoms with Crippen LogP contribution in [0.4, 0.5) is 0 Å². The van der Waals surface area contributed by atoms with Crippen LogP contribution in [0.2, 0.25) is 0 Å². The molecule has 0 radical (unpaired) electrons. The van der Waals surface area contributed by atoms with Gasteiger partial charge >= 0.3 is 5.97 Å². The summed E-state index contributed by atoms with van der Waals surface area (Å²) in [7, 11) is 1.75. The predicted molar refractivity (Wildman–Crippen MR) is 88.2 cm³/mol. The minimum absolute atomic E-state index is 0.143. The standard InChI is InChI=1S/C18H22N2O3/c1-12-7-8-15(10-13(12)2)14(3)19-17(21)11-23-18(22)16-6-5-9-20(16)4/h5-10,14H,11H2,1-4H3,(H,19,21)/t14-/m0/s1. The van der Waals surface area contributed by atoms with Gasteiger partial charge in [-0.15, -0.1) is 0 Å². The van der Waals surface area contributed by atoms with Crippen LogP contribution in [0.3, 0.4) is 0 Å². The number of nitrogens with one attached hydrogen (secondary N) is 1. The second-order valence-electron chi connectivity index (χ2n) is 5.71. The number of carbonyl (C=O) groups excluding carboxylic acids is 2. The van der Waals surface area contributed by atoms with Gasteiger partial charge < -0.3 is 14.6 Å². The van der Waals surface area contributed by atoms with E-state index in [1.165, 1.54) is 11.1 Å². The van der Waals surface area contributed by atoms with Crippen molar-refractivity contribution in [2.75, 3.05) is 6.61 Å². The molecule has 5 heteroatoms. The van der Waals surface area contributed by atoms with Crippen molar-refractivity contribution in [3.8, 4) is 0 Å². The number of esters is 1. The molecule has 0 aliphatic carbocycles. The Morgan fingerprint density at radius 1 is 1.22 bits per heavy atom. The fourth-order valence-corrected chi connectivity index (χ4v) is 2.28. The summed E-state index contributed by atoms with van der Waals surface area (Å²) in [5.74, 6) is -0.829. The molecule has 2 aromatic rings. The highest BCUT2D eigenvalue weighted by molar-refractivity contribution is 5.90. The highest BCUT2D eigenvalue weighted by Crippen LogP contribution is 2.16. The van der Waals surface area contributed by atoms with Gasteiger partial charge in [-0.25, -0.2) is 4.79 Å². The summed E-state index contributed by atoms with van der Waals surface area (Å²) in [4.78, 5) is 23.8. The van der Waals surface area contributed by atoms with Gasteiger partial charge in [-0.3, -0.25) is 4.79 Å². The number of hydrogen-bond acceptors (Lipinski definition) is 3. The van der Waals surface area contributed by atoms with Crippen LogP contribution in [-0.2, 0) is 16.6 Å². The van der Waals surface area contributed by atoms with E-state index in [0.29, 0.717) is 5.69 Å². The van der Waals surface area contributed by atoms with E-state index in [2.05, 4.69) is 11.4 Å². The molecule has 122 valence electrons. The lowest BCUT2D eigenvalue weighted by molar-refractivity contribution is -0.124. The van der Waals surface area contributed by atoms with E-state index < -0.39 is 5.97 Å². The number of amides is 1. The van der Waals surface area contributed by atoms with Gasteiger partial charge in [0, 0.05) is 13.2 Å². The van der Waals surface area contributed by atoms with Crippen molar-refractivity contribution in [3.05, 3.63) is 58.9 Å². The second-order valence-corrected chi connectivity index (χ2v) is 5.71. The normalized spacial score (nSPS) is 11.8. The molecular weight excluding hydrogens is 292 g/mol. The van der Waals surface area contributed by atoms with Crippen molar-refractivity contribution in [2.24, 2.45) is 7.05 Å². The van der Waals surface area contributed by atoms with E-state index in [4.69, 9.17) is 4.74 Å². The number of aryl methyl sites for hydroxylation is 3. The molecule has 2 rings (SSSR count). The maximum atomic E-state index is 11.9. The Morgan fingerprint density at radius 2 is 1.96 bits per heavy atom. The molecule has 1 aromatic heterocycles. The smallest absolute Gasteiger partial charge is 0.355 e. The molecule has 1 amide bonds. The third-order valence-electron chi connectivity index (χ3n) is 3.90. The molecule has 0 fully saturated rings. The summed E-state index contributed by atoms with van der Waals surface area (Å²) in [6.45, 7) is 5.70. The zero-order chi connectivity index (χ0) is 17.0. The SMILES string of the molecule is Cc1ccc([C@H](C)NC(=O)COC(=O)c2cccn2C)cc1C. The van der Waals surface area contributed by atoms with Crippen molar-refractivity contribution < 1.29 is 14.3 Å². The topological polar surface area (TPSA) is 60.3 Å². The lowest BCUT2D eigenvalue weighted by Crippen LogP contribution is -2.31. The molecule has 0 aliphatic rings. The molecule has 0 spiro atoms. The molecule has 23 heavy (non-hydrogen) atoms. The third-order valence-corrected chi connectivity index (χ3v) is 3.90. The zero-order valence-corrected chi connectivity index (χ0v) is 13.9. The molecule has 0 saturated carbocycles. The number of aromatic nitrogens is 1. The van der Waals surface area contributed by atoms with E-state index in [9.17, 15) is 9.59 Å². The Kier molecular flexibility index (Phi) is 5.21. The molecule has 1 atom stereocenters. The molecule has 1 heterocycles. The lowest BCUT2D eigenvalue weighted by atomic mass is 10.0.